The molecule has 2 aliphatic rings. The van der Waals surface area contributed by atoms with Gasteiger partial charge in [0.05, 0.1) is 11.9 Å². The summed E-state index contributed by atoms with van der Waals surface area (Å²) in [5, 5.41) is 6.45. The number of nitrogens with one attached hydrogen (secondary N) is 2. The summed E-state index contributed by atoms with van der Waals surface area (Å²) in [5.74, 6) is -0.344. The van der Waals surface area contributed by atoms with E-state index in [1.807, 2.05) is 4.57 Å². The number of hydrogen-bond donors (Lipinski definition) is 3. The van der Waals surface area contributed by atoms with Crippen LogP contribution in [0.4, 0.5) is 26.4 Å². The van der Waals surface area contributed by atoms with Gasteiger partial charge in [0.15, 0.2) is 5.65 Å². The van der Waals surface area contributed by atoms with Crippen molar-refractivity contribution in [2.45, 2.75) is 69.5 Å². The van der Waals surface area contributed by atoms with Crippen LogP contribution in [-0.4, -0.2) is 37.9 Å². The number of imidazole rings is 1. The van der Waals surface area contributed by atoms with Crippen molar-refractivity contribution in [2.24, 2.45) is 11.7 Å². The molecule has 10 heteroatoms. The van der Waals surface area contributed by atoms with E-state index in [2.05, 4.69) is 20.6 Å². The van der Waals surface area contributed by atoms with Gasteiger partial charge in [0, 0.05) is 30.1 Å². The normalized spacial score (nSPS) is 25.3. The van der Waals surface area contributed by atoms with Crippen molar-refractivity contribution < 1.29 is 13.6 Å². The monoisotopic (exact) mass is 469 g/mol. The van der Waals surface area contributed by atoms with Gasteiger partial charge in [0.25, 0.3) is 0 Å². The molecule has 0 saturated heterocycles. The summed E-state index contributed by atoms with van der Waals surface area (Å²) in [5.41, 5.74) is 7.38. The molecule has 0 spiro atoms. The maximum Gasteiger partial charge on any atom is 0.224 e. The second kappa shape index (κ2) is 9.61. The van der Waals surface area contributed by atoms with E-state index < -0.39 is 11.6 Å². The number of aldehydes is 1. The Balaban J connectivity index is 1.49. The Morgan fingerprint density at radius 3 is 2.50 bits per heavy atom. The van der Waals surface area contributed by atoms with E-state index in [4.69, 9.17) is 10.7 Å². The Bertz CT molecular complexity index is 1170. The molecule has 0 aliphatic heterocycles. The molecule has 0 atom stereocenters. The number of hydrogen-bond acceptors (Lipinski definition) is 7. The van der Waals surface area contributed by atoms with Crippen molar-refractivity contribution in [3.8, 4) is 0 Å². The number of benzene rings is 1. The van der Waals surface area contributed by atoms with Gasteiger partial charge in [0.2, 0.25) is 11.9 Å². The van der Waals surface area contributed by atoms with Crippen LogP contribution >= 0.6 is 0 Å². The lowest BCUT2D eigenvalue weighted by Gasteiger charge is -2.28. The van der Waals surface area contributed by atoms with Gasteiger partial charge >= 0.3 is 0 Å². The lowest BCUT2D eigenvalue weighted by atomic mass is 9.87. The Morgan fingerprint density at radius 2 is 1.79 bits per heavy atom. The van der Waals surface area contributed by atoms with E-state index in [0.717, 1.165) is 63.7 Å². The maximum atomic E-state index is 14.4. The van der Waals surface area contributed by atoms with Crippen LogP contribution in [-0.2, 0) is 4.79 Å². The zero-order chi connectivity index (χ0) is 23.7. The van der Waals surface area contributed by atoms with E-state index in [-0.39, 0.29) is 29.7 Å². The molecular weight excluding hydrogens is 440 g/mol. The fourth-order valence-corrected chi connectivity index (χ4v) is 5.05. The molecule has 34 heavy (non-hydrogen) atoms. The summed E-state index contributed by atoms with van der Waals surface area (Å²) < 4.78 is 29.8. The van der Waals surface area contributed by atoms with Crippen molar-refractivity contribution in [3.63, 3.8) is 0 Å². The molecule has 1 aromatic carbocycles. The maximum absolute atomic E-state index is 14.4. The highest BCUT2D eigenvalue weighted by molar-refractivity contribution is 5.76. The second-order valence-corrected chi connectivity index (χ2v) is 9.42. The third-order valence-corrected chi connectivity index (χ3v) is 7.01. The van der Waals surface area contributed by atoms with Gasteiger partial charge in [-0.15, -0.1) is 0 Å². The first-order chi connectivity index (χ1) is 16.5. The zero-order valence-corrected chi connectivity index (χ0v) is 18.9. The second-order valence-electron chi connectivity index (χ2n) is 9.42. The summed E-state index contributed by atoms with van der Waals surface area (Å²) in [4.78, 5) is 25.1. The Labute approximate surface area is 196 Å². The molecule has 3 aromatic rings. The van der Waals surface area contributed by atoms with Crippen LogP contribution in [0.15, 0.2) is 24.4 Å². The minimum atomic E-state index is -0.702. The average Bonchev–Trinajstić information content (AvgIpc) is 3.19. The number of carbonyl (C=O) groups is 1. The number of rotatable bonds is 6. The highest BCUT2D eigenvalue weighted by Crippen LogP contribution is 2.37. The SMILES string of the molecule is NC1CCC(Nc2ncc3nc(Nc4ccc(F)cc4F)n(C4CCC(C=O)CC4)c3n2)CC1. The minimum Gasteiger partial charge on any atom is -0.351 e. The molecule has 0 bridgehead atoms. The quantitative estimate of drug-likeness (QED) is 0.457. The van der Waals surface area contributed by atoms with Crippen molar-refractivity contribution in [1.82, 2.24) is 19.5 Å². The highest BCUT2D eigenvalue weighted by Gasteiger charge is 2.27. The minimum absolute atomic E-state index is 0.0441. The number of carbonyl (C=O) groups excluding carboxylic acids is 1. The van der Waals surface area contributed by atoms with Crippen LogP contribution in [0.2, 0.25) is 0 Å². The first kappa shape index (κ1) is 22.6. The zero-order valence-electron chi connectivity index (χ0n) is 18.9. The topological polar surface area (TPSA) is 111 Å². The van der Waals surface area contributed by atoms with Gasteiger partial charge in [-0.2, -0.15) is 4.98 Å². The van der Waals surface area contributed by atoms with Crippen LogP contribution in [0.3, 0.4) is 0 Å². The standard InChI is InChI=1S/C24H29F2N7O/c25-15-3-10-20(19(26)11-15)30-24-31-21-12-28-23(29-17-6-4-16(27)5-7-17)32-22(21)33(24)18-8-1-14(13-34)2-9-18/h3,10-14,16-18H,1-2,4-9,27H2,(H,30,31)(H,28,29,32). The largest absolute Gasteiger partial charge is 0.351 e. The number of halogens is 2. The Morgan fingerprint density at radius 1 is 1.03 bits per heavy atom. The van der Waals surface area contributed by atoms with E-state index in [9.17, 15) is 13.6 Å². The lowest BCUT2D eigenvalue weighted by molar-refractivity contribution is -0.112. The molecule has 4 N–H and O–H groups in total. The molecule has 0 radical (unpaired) electrons. The number of fused-ring (bicyclic) bond motifs is 1. The van der Waals surface area contributed by atoms with E-state index in [1.165, 1.54) is 12.1 Å². The van der Waals surface area contributed by atoms with Gasteiger partial charge in [-0.05, 0) is 63.5 Å². The van der Waals surface area contributed by atoms with E-state index in [1.54, 1.807) is 6.20 Å². The molecule has 2 heterocycles. The first-order valence-electron chi connectivity index (χ1n) is 11.9. The van der Waals surface area contributed by atoms with Gasteiger partial charge in [-0.1, -0.05) is 0 Å². The first-order valence-corrected chi connectivity index (χ1v) is 11.9. The molecule has 2 saturated carbocycles. The van der Waals surface area contributed by atoms with Crippen LogP contribution in [0, 0.1) is 17.6 Å². The van der Waals surface area contributed by atoms with Gasteiger partial charge in [-0.3, -0.25) is 4.57 Å². The van der Waals surface area contributed by atoms with Crippen molar-refractivity contribution in [1.29, 1.82) is 0 Å². The van der Waals surface area contributed by atoms with Crippen molar-refractivity contribution in [3.05, 3.63) is 36.0 Å². The smallest absolute Gasteiger partial charge is 0.224 e. The molecule has 2 fully saturated rings. The van der Waals surface area contributed by atoms with Gasteiger partial charge in [-0.25, -0.2) is 18.7 Å². The average molecular weight is 470 g/mol. The van der Waals surface area contributed by atoms with E-state index >= 15 is 0 Å². The van der Waals surface area contributed by atoms with Crippen LogP contribution in [0.25, 0.3) is 11.2 Å². The molecule has 2 aromatic heterocycles. The summed E-state index contributed by atoms with van der Waals surface area (Å²) in [7, 11) is 0. The lowest BCUT2D eigenvalue weighted by Crippen LogP contribution is -2.33. The Hall–Kier alpha value is -3.14. The molecule has 180 valence electrons. The van der Waals surface area contributed by atoms with Gasteiger partial charge < -0.3 is 21.2 Å². The number of nitrogens with zero attached hydrogens (tertiary/aromatic N) is 4. The Kier molecular flexibility index (Phi) is 6.40. The molecule has 8 nitrogen and oxygen atoms in total. The summed E-state index contributed by atoms with van der Waals surface area (Å²) in [6.45, 7) is 0. The molecule has 5 rings (SSSR count). The highest BCUT2D eigenvalue weighted by atomic mass is 19.1. The van der Waals surface area contributed by atoms with Crippen LogP contribution in [0.5, 0.6) is 0 Å². The molecule has 2 aliphatic carbocycles. The van der Waals surface area contributed by atoms with Gasteiger partial charge in [0.1, 0.15) is 23.4 Å². The fraction of sp³-hybridized carbons (Fsp3) is 0.500. The predicted molar refractivity (Wildman–Crippen MR) is 126 cm³/mol. The van der Waals surface area contributed by atoms with E-state index in [0.29, 0.717) is 23.1 Å². The molecule has 0 unspecified atom stereocenters. The third-order valence-electron chi connectivity index (χ3n) is 7.01. The molecule has 0 amide bonds. The van der Waals surface area contributed by atoms with Crippen LogP contribution < -0.4 is 16.4 Å². The number of nitrogens with two attached hydrogens (primary N) is 1. The summed E-state index contributed by atoms with van der Waals surface area (Å²) >= 11 is 0. The third kappa shape index (κ3) is 4.72. The number of anilines is 3. The van der Waals surface area contributed by atoms with Crippen molar-refractivity contribution in [2.75, 3.05) is 10.6 Å². The fourth-order valence-electron chi connectivity index (χ4n) is 5.05. The summed E-state index contributed by atoms with van der Waals surface area (Å²) in [6.07, 6.45) is 9.67. The number of aromatic nitrogens is 4. The van der Waals surface area contributed by atoms with Crippen molar-refractivity contribution >= 4 is 35.0 Å². The summed E-state index contributed by atoms with van der Waals surface area (Å²) in [6, 6.07) is 3.95. The predicted octanol–water partition coefficient (Wildman–Crippen LogP) is 4.46. The van der Waals surface area contributed by atoms with Crippen LogP contribution in [0.1, 0.15) is 57.4 Å². The molecular formula is C24H29F2N7O.